The smallest absolute Gasteiger partial charge is 0.216 e. The maximum absolute atomic E-state index is 6.14. The molecule has 0 aromatic heterocycles. The van der Waals surface area contributed by atoms with E-state index in [9.17, 15) is 0 Å². The van der Waals surface area contributed by atoms with Gasteiger partial charge in [-0.1, -0.05) is 30.1 Å². The molecule has 0 fully saturated rings. The third-order valence-corrected chi connectivity index (χ3v) is 3.92. The zero-order chi connectivity index (χ0) is 13.3. The van der Waals surface area contributed by atoms with Gasteiger partial charge in [0.05, 0.1) is 5.54 Å². The van der Waals surface area contributed by atoms with Crippen LogP contribution in [-0.4, -0.2) is 18.0 Å². The Kier molecular flexibility index (Phi) is 3.85. The molecule has 0 amide bonds. The van der Waals surface area contributed by atoms with Crippen LogP contribution in [0.15, 0.2) is 17.1 Å². The van der Waals surface area contributed by atoms with Crippen molar-refractivity contribution in [1.29, 1.82) is 0 Å². The van der Waals surface area contributed by atoms with Gasteiger partial charge >= 0.3 is 0 Å². The molecule has 5 heteroatoms. The number of rotatable bonds is 3. The van der Waals surface area contributed by atoms with Gasteiger partial charge in [0, 0.05) is 27.7 Å². The molecule has 3 nitrogen and oxygen atoms in total. The van der Waals surface area contributed by atoms with Crippen LogP contribution in [0.4, 0.5) is 0 Å². The summed E-state index contributed by atoms with van der Waals surface area (Å²) in [5, 5.41) is 1.10. The van der Waals surface area contributed by atoms with Crippen LogP contribution in [0.5, 0.6) is 0 Å². The van der Waals surface area contributed by atoms with Crippen molar-refractivity contribution in [1.82, 2.24) is 0 Å². The molecule has 1 aliphatic heterocycles. The average Bonchev–Trinajstić information content (AvgIpc) is 2.72. The fraction of sp³-hybridized carbons (Fsp3) is 0.462. The van der Waals surface area contributed by atoms with Gasteiger partial charge in [0.2, 0.25) is 5.90 Å². The molecule has 1 aromatic carbocycles. The van der Waals surface area contributed by atoms with E-state index in [1.54, 1.807) is 12.1 Å². The van der Waals surface area contributed by atoms with Crippen molar-refractivity contribution in [2.75, 3.05) is 6.61 Å². The van der Waals surface area contributed by atoms with Crippen molar-refractivity contribution < 1.29 is 4.74 Å². The summed E-state index contributed by atoms with van der Waals surface area (Å²) in [6.07, 6.45) is 0.929. The van der Waals surface area contributed by atoms with E-state index in [4.69, 9.17) is 33.7 Å². The molecule has 0 spiro atoms. The molecular weight excluding hydrogens is 271 g/mol. The Balaban J connectivity index is 2.39. The molecule has 1 atom stereocenters. The lowest BCUT2D eigenvalue weighted by Gasteiger charge is -2.13. The summed E-state index contributed by atoms with van der Waals surface area (Å²) in [5.41, 5.74) is 6.99. The van der Waals surface area contributed by atoms with Gasteiger partial charge < -0.3 is 10.5 Å². The van der Waals surface area contributed by atoms with Crippen LogP contribution >= 0.6 is 23.2 Å². The first-order valence-electron chi connectivity index (χ1n) is 5.90. The summed E-state index contributed by atoms with van der Waals surface area (Å²) in [7, 11) is 0. The Bertz CT molecular complexity index is 479. The second-order valence-electron chi connectivity index (χ2n) is 4.68. The minimum Gasteiger partial charge on any atom is -0.475 e. The minimum atomic E-state index is -0.152. The molecule has 18 heavy (non-hydrogen) atoms. The number of nitrogens with zero attached hydrogens (tertiary/aromatic N) is 1. The van der Waals surface area contributed by atoms with Gasteiger partial charge in [-0.2, -0.15) is 0 Å². The number of benzene rings is 1. The zero-order valence-corrected chi connectivity index (χ0v) is 12.0. The fourth-order valence-corrected chi connectivity index (χ4v) is 2.43. The van der Waals surface area contributed by atoms with Crippen molar-refractivity contribution in [2.45, 2.75) is 32.4 Å². The van der Waals surface area contributed by atoms with Crippen LogP contribution in [0.3, 0.4) is 0 Å². The highest BCUT2D eigenvalue weighted by atomic mass is 35.5. The van der Waals surface area contributed by atoms with Crippen molar-refractivity contribution in [3.63, 3.8) is 0 Å². The van der Waals surface area contributed by atoms with E-state index < -0.39 is 0 Å². The Morgan fingerprint density at radius 3 is 2.44 bits per heavy atom. The van der Waals surface area contributed by atoms with Crippen LogP contribution in [0.1, 0.15) is 31.4 Å². The van der Waals surface area contributed by atoms with Gasteiger partial charge in [-0.3, -0.25) is 0 Å². The number of nitrogens with two attached hydrogens (primary N) is 1. The Morgan fingerprint density at radius 1 is 1.39 bits per heavy atom. The van der Waals surface area contributed by atoms with E-state index in [-0.39, 0.29) is 5.54 Å². The fourth-order valence-electron chi connectivity index (χ4n) is 1.78. The highest BCUT2D eigenvalue weighted by molar-refractivity contribution is 6.36. The molecule has 1 aliphatic rings. The highest BCUT2D eigenvalue weighted by Crippen LogP contribution is 2.30. The van der Waals surface area contributed by atoms with Gasteiger partial charge in [-0.25, -0.2) is 4.99 Å². The van der Waals surface area contributed by atoms with Gasteiger partial charge in [0.1, 0.15) is 6.61 Å². The van der Waals surface area contributed by atoms with E-state index in [1.165, 1.54) is 0 Å². The monoisotopic (exact) mass is 286 g/mol. The molecule has 1 heterocycles. The Hall–Kier alpha value is -0.770. The standard InChI is InChI=1S/C13H16Cl2N2O/c1-3-13(2)7-18-12(17-13)8-4-10(14)9(6-16)11(15)5-8/h4-5H,3,6-7,16H2,1-2H3. The third kappa shape index (κ3) is 2.48. The molecule has 0 saturated heterocycles. The lowest BCUT2D eigenvalue weighted by atomic mass is 10.0. The zero-order valence-electron chi connectivity index (χ0n) is 10.5. The third-order valence-electron chi connectivity index (χ3n) is 3.25. The predicted octanol–water partition coefficient (Wildman–Crippen LogP) is 3.40. The summed E-state index contributed by atoms with van der Waals surface area (Å²) in [6.45, 7) is 5.06. The summed E-state index contributed by atoms with van der Waals surface area (Å²) in [6, 6.07) is 3.60. The highest BCUT2D eigenvalue weighted by Gasteiger charge is 2.30. The number of aliphatic imine (C=N–C) groups is 1. The van der Waals surface area contributed by atoms with E-state index in [2.05, 4.69) is 18.8 Å². The topological polar surface area (TPSA) is 47.6 Å². The molecule has 2 N–H and O–H groups in total. The van der Waals surface area contributed by atoms with E-state index in [1.807, 2.05) is 0 Å². The Labute approximate surface area is 117 Å². The first-order valence-corrected chi connectivity index (χ1v) is 6.65. The number of hydrogen-bond donors (Lipinski definition) is 1. The van der Waals surface area contributed by atoms with E-state index in [0.717, 1.165) is 17.5 Å². The van der Waals surface area contributed by atoms with Gasteiger partial charge in [0.25, 0.3) is 0 Å². The summed E-state index contributed by atoms with van der Waals surface area (Å²) < 4.78 is 5.63. The summed E-state index contributed by atoms with van der Waals surface area (Å²) in [4.78, 5) is 4.59. The average molecular weight is 287 g/mol. The molecule has 98 valence electrons. The van der Waals surface area contributed by atoms with Crippen LogP contribution in [0, 0.1) is 0 Å². The number of halogens is 2. The van der Waals surface area contributed by atoms with Crippen LogP contribution in [-0.2, 0) is 11.3 Å². The first-order chi connectivity index (χ1) is 8.49. The van der Waals surface area contributed by atoms with Crippen molar-refractivity contribution >= 4 is 29.1 Å². The summed E-state index contributed by atoms with van der Waals surface area (Å²) in [5.74, 6) is 0.603. The largest absolute Gasteiger partial charge is 0.475 e. The van der Waals surface area contributed by atoms with Crippen LogP contribution < -0.4 is 5.73 Å². The predicted molar refractivity (Wildman–Crippen MR) is 75.5 cm³/mol. The normalized spacial score (nSPS) is 22.8. The van der Waals surface area contributed by atoms with Crippen molar-refractivity contribution in [2.24, 2.45) is 10.7 Å². The van der Waals surface area contributed by atoms with E-state index in [0.29, 0.717) is 29.1 Å². The molecule has 0 saturated carbocycles. The van der Waals surface area contributed by atoms with Gasteiger partial charge in [-0.15, -0.1) is 0 Å². The van der Waals surface area contributed by atoms with E-state index >= 15 is 0 Å². The molecule has 0 bridgehead atoms. The van der Waals surface area contributed by atoms with Gasteiger partial charge in [-0.05, 0) is 25.5 Å². The second kappa shape index (κ2) is 5.08. The number of ether oxygens (including phenoxy) is 1. The maximum atomic E-state index is 6.14. The molecule has 0 radical (unpaired) electrons. The SMILES string of the molecule is CCC1(C)COC(c2cc(Cl)c(CN)c(Cl)c2)=N1. The lowest BCUT2D eigenvalue weighted by molar-refractivity contribution is 0.263. The lowest BCUT2D eigenvalue weighted by Crippen LogP contribution is -2.21. The molecule has 2 rings (SSSR count). The number of hydrogen-bond acceptors (Lipinski definition) is 3. The maximum Gasteiger partial charge on any atom is 0.216 e. The molecular formula is C13H16Cl2N2O. The quantitative estimate of drug-likeness (QED) is 0.926. The van der Waals surface area contributed by atoms with Crippen LogP contribution in [0.25, 0.3) is 0 Å². The van der Waals surface area contributed by atoms with Crippen molar-refractivity contribution in [3.05, 3.63) is 33.3 Å². The Morgan fingerprint density at radius 2 is 2.00 bits per heavy atom. The van der Waals surface area contributed by atoms with Gasteiger partial charge in [0.15, 0.2) is 0 Å². The minimum absolute atomic E-state index is 0.152. The molecule has 0 aliphatic carbocycles. The second-order valence-corrected chi connectivity index (χ2v) is 5.49. The van der Waals surface area contributed by atoms with Crippen LogP contribution in [0.2, 0.25) is 10.0 Å². The summed E-state index contributed by atoms with van der Waals surface area (Å²) >= 11 is 12.3. The molecule has 1 aromatic rings. The molecule has 1 unspecified atom stereocenters. The first kappa shape index (κ1) is 13.7. The van der Waals surface area contributed by atoms with Crippen molar-refractivity contribution in [3.8, 4) is 0 Å².